The monoisotopic (exact) mass is 323 g/mol. The van der Waals surface area contributed by atoms with Crippen molar-refractivity contribution in [2.24, 2.45) is 0 Å². The van der Waals surface area contributed by atoms with Gasteiger partial charge >= 0.3 is 0 Å². The Morgan fingerprint density at radius 1 is 1.09 bits per heavy atom. The largest absolute Gasteiger partial charge is 0.291 e. The van der Waals surface area contributed by atoms with Gasteiger partial charge in [0, 0.05) is 18.1 Å². The summed E-state index contributed by atoms with van der Waals surface area (Å²) in [5.41, 5.74) is 1.73. The summed E-state index contributed by atoms with van der Waals surface area (Å²) in [6.07, 6.45) is 3.08. The van der Waals surface area contributed by atoms with Crippen molar-refractivity contribution in [1.29, 1.82) is 5.26 Å². The highest BCUT2D eigenvalue weighted by atomic mass is 32.2. The lowest BCUT2D eigenvalue weighted by Crippen LogP contribution is -2.12. The Bertz CT molecular complexity index is 970. The number of imidazole rings is 1. The minimum atomic E-state index is -3.63. The molecular formula is C17H13N3O2S. The molecular weight excluding hydrogens is 310 g/mol. The number of rotatable bonds is 4. The lowest BCUT2D eigenvalue weighted by Gasteiger charge is -2.08. The van der Waals surface area contributed by atoms with E-state index in [1.165, 1.54) is 6.20 Å². The topological polar surface area (TPSA) is 75.8 Å². The van der Waals surface area contributed by atoms with Gasteiger partial charge in [-0.3, -0.25) is 4.57 Å². The Kier molecular flexibility index (Phi) is 3.96. The summed E-state index contributed by atoms with van der Waals surface area (Å²) < 4.78 is 26.9. The predicted molar refractivity (Wildman–Crippen MR) is 85.6 cm³/mol. The van der Waals surface area contributed by atoms with Crippen LogP contribution in [0.5, 0.6) is 0 Å². The van der Waals surface area contributed by atoms with Crippen molar-refractivity contribution >= 4 is 9.84 Å². The zero-order valence-corrected chi connectivity index (χ0v) is 12.9. The Morgan fingerprint density at radius 3 is 2.61 bits per heavy atom. The van der Waals surface area contributed by atoms with Gasteiger partial charge in [0.15, 0.2) is 0 Å². The second-order valence-electron chi connectivity index (χ2n) is 4.99. The van der Waals surface area contributed by atoms with Crippen LogP contribution in [0.15, 0.2) is 72.1 Å². The predicted octanol–water partition coefficient (Wildman–Crippen LogP) is 2.72. The van der Waals surface area contributed by atoms with Crippen LogP contribution in [0.1, 0.15) is 11.1 Å². The maximum atomic E-state index is 12.7. The molecule has 114 valence electrons. The van der Waals surface area contributed by atoms with Crippen LogP contribution in [0, 0.1) is 11.3 Å². The molecule has 0 atom stereocenters. The van der Waals surface area contributed by atoms with Crippen molar-refractivity contribution in [3.8, 4) is 11.8 Å². The molecule has 0 amide bonds. The van der Waals surface area contributed by atoms with Gasteiger partial charge in [0.1, 0.15) is 0 Å². The van der Waals surface area contributed by atoms with Gasteiger partial charge in [-0.1, -0.05) is 30.3 Å². The normalized spacial score (nSPS) is 11.1. The van der Waals surface area contributed by atoms with Crippen molar-refractivity contribution in [3.05, 3.63) is 78.1 Å². The quantitative estimate of drug-likeness (QED) is 0.740. The van der Waals surface area contributed by atoms with Crippen LogP contribution in [-0.4, -0.2) is 18.0 Å². The molecule has 5 nitrogen and oxygen atoms in total. The summed E-state index contributed by atoms with van der Waals surface area (Å²) in [6, 6.07) is 17.8. The first-order valence-electron chi connectivity index (χ1n) is 6.91. The summed E-state index contributed by atoms with van der Waals surface area (Å²) in [7, 11) is -3.63. The van der Waals surface area contributed by atoms with Gasteiger partial charge in [-0.25, -0.2) is 13.4 Å². The summed E-state index contributed by atoms with van der Waals surface area (Å²) >= 11 is 0. The van der Waals surface area contributed by atoms with Gasteiger partial charge in [-0.05, 0) is 29.8 Å². The highest BCUT2D eigenvalue weighted by Gasteiger charge is 2.22. The van der Waals surface area contributed by atoms with E-state index in [1.54, 1.807) is 35.0 Å². The van der Waals surface area contributed by atoms with E-state index >= 15 is 0 Å². The molecule has 0 aliphatic heterocycles. The third-order valence-electron chi connectivity index (χ3n) is 3.33. The van der Waals surface area contributed by atoms with E-state index in [4.69, 9.17) is 5.26 Å². The van der Waals surface area contributed by atoms with Gasteiger partial charge in [0.05, 0.1) is 17.4 Å². The number of nitrogens with zero attached hydrogens (tertiary/aromatic N) is 3. The Hall–Kier alpha value is -2.91. The van der Waals surface area contributed by atoms with Crippen LogP contribution >= 0.6 is 0 Å². The summed E-state index contributed by atoms with van der Waals surface area (Å²) in [5.74, 6) is -0.202. The molecule has 0 aliphatic rings. The van der Waals surface area contributed by atoms with Crippen molar-refractivity contribution in [2.45, 2.75) is 10.9 Å². The average molecular weight is 323 g/mol. The Labute approximate surface area is 134 Å². The summed E-state index contributed by atoms with van der Waals surface area (Å²) in [5, 5.41) is 8.91. The lowest BCUT2D eigenvalue weighted by molar-refractivity contribution is 0.583. The molecule has 0 saturated carbocycles. The van der Waals surface area contributed by atoms with Crippen molar-refractivity contribution < 1.29 is 8.42 Å². The standard InChI is InChI=1S/C17H13N3O2S/c18-12-14-5-4-6-15(11-14)13-23(21,22)17-19-9-10-20(17)16-7-2-1-3-8-16/h1-11H,13H2. The molecule has 0 spiro atoms. The molecule has 0 fully saturated rings. The molecule has 0 unspecified atom stereocenters. The zero-order valence-electron chi connectivity index (χ0n) is 12.1. The highest BCUT2D eigenvalue weighted by Crippen LogP contribution is 2.19. The first-order chi connectivity index (χ1) is 11.1. The van der Waals surface area contributed by atoms with Gasteiger partial charge < -0.3 is 0 Å². The third-order valence-corrected chi connectivity index (χ3v) is 4.90. The van der Waals surface area contributed by atoms with E-state index in [1.807, 2.05) is 36.4 Å². The molecule has 1 heterocycles. The highest BCUT2D eigenvalue weighted by molar-refractivity contribution is 7.90. The first kappa shape index (κ1) is 15.0. The van der Waals surface area contributed by atoms with Crippen LogP contribution in [0.3, 0.4) is 0 Å². The molecule has 23 heavy (non-hydrogen) atoms. The number of nitriles is 1. The van der Waals surface area contributed by atoms with Crippen molar-refractivity contribution in [2.75, 3.05) is 0 Å². The average Bonchev–Trinajstić information content (AvgIpc) is 3.06. The molecule has 3 rings (SSSR count). The first-order valence-corrected chi connectivity index (χ1v) is 8.56. The van der Waals surface area contributed by atoms with Gasteiger partial charge in [-0.15, -0.1) is 0 Å². The van der Waals surface area contributed by atoms with Crippen molar-refractivity contribution in [1.82, 2.24) is 9.55 Å². The fourth-order valence-corrected chi connectivity index (χ4v) is 3.75. The maximum Gasteiger partial charge on any atom is 0.232 e. The molecule has 1 aromatic heterocycles. The minimum Gasteiger partial charge on any atom is -0.291 e. The smallest absolute Gasteiger partial charge is 0.232 e. The molecule has 0 bridgehead atoms. The number of hydrogen-bond donors (Lipinski definition) is 0. The fourth-order valence-electron chi connectivity index (χ4n) is 2.32. The third kappa shape index (κ3) is 3.15. The molecule has 2 aromatic carbocycles. The number of para-hydroxylation sites is 1. The van der Waals surface area contributed by atoms with Gasteiger partial charge in [0.25, 0.3) is 0 Å². The van der Waals surface area contributed by atoms with E-state index in [-0.39, 0.29) is 10.9 Å². The van der Waals surface area contributed by atoms with E-state index in [0.29, 0.717) is 11.1 Å². The second-order valence-corrected chi connectivity index (χ2v) is 6.87. The van der Waals surface area contributed by atoms with Crippen LogP contribution < -0.4 is 0 Å². The minimum absolute atomic E-state index is 0.00828. The van der Waals surface area contributed by atoms with Crippen molar-refractivity contribution in [3.63, 3.8) is 0 Å². The maximum absolute atomic E-state index is 12.7. The van der Waals surface area contributed by atoms with E-state index < -0.39 is 9.84 Å². The summed E-state index contributed by atoms with van der Waals surface area (Å²) in [4.78, 5) is 4.01. The van der Waals surface area contributed by atoms with Crippen LogP contribution in [0.4, 0.5) is 0 Å². The van der Waals surface area contributed by atoms with Crippen LogP contribution in [0.25, 0.3) is 5.69 Å². The number of benzene rings is 2. The van der Waals surface area contributed by atoms with E-state index in [2.05, 4.69) is 4.98 Å². The van der Waals surface area contributed by atoms with E-state index in [0.717, 1.165) is 5.69 Å². The van der Waals surface area contributed by atoms with Gasteiger partial charge in [0.2, 0.25) is 15.0 Å². The van der Waals surface area contributed by atoms with Gasteiger partial charge in [-0.2, -0.15) is 5.26 Å². The SMILES string of the molecule is N#Cc1cccc(CS(=O)(=O)c2nccn2-c2ccccc2)c1. The Morgan fingerprint density at radius 2 is 1.87 bits per heavy atom. The molecule has 3 aromatic rings. The molecule has 0 aliphatic carbocycles. The second kappa shape index (κ2) is 6.07. The molecule has 6 heteroatoms. The number of aromatic nitrogens is 2. The van der Waals surface area contributed by atoms with E-state index in [9.17, 15) is 8.42 Å². The Balaban J connectivity index is 1.98. The lowest BCUT2D eigenvalue weighted by atomic mass is 10.2. The molecule has 0 radical (unpaired) electrons. The zero-order chi connectivity index (χ0) is 16.3. The molecule has 0 N–H and O–H groups in total. The molecule has 0 saturated heterocycles. The number of sulfone groups is 1. The number of hydrogen-bond acceptors (Lipinski definition) is 4. The van der Waals surface area contributed by atoms with Crippen LogP contribution in [-0.2, 0) is 15.6 Å². The summed E-state index contributed by atoms with van der Waals surface area (Å²) in [6.45, 7) is 0. The van der Waals surface area contributed by atoms with Crippen LogP contribution in [0.2, 0.25) is 0 Å². The fraction of sp³-hybridized carbons (Fsp3) is 0.0588.